The van der Waals surface area contributed by atoms with Crippen molar-refractivity contribution in [2.24, 2.45) is 0 Å². The third kappa shape index (κ3) is 3.89. The Bertz CT molecular complexity index is 1080. The van der Waals surface area contributed by atoms with E-state index in [4.69, 9.17) is 14.2 Å². The molecule has 6 heteroatoms. The second kappa shape index (κ2) is 8.60. The fraction of sp³-hybridized carbons (Fsp3) is 0.200. The van der Waals surface area contributed by atoms with Crippen LogP contribution in [0.2, 0.25) is 0 Å². The summed E-state index contributed by atoms with van der Waals surface area (Å²) in [4.78, 5) is 25.5. The molecule has 1 heterocycles. The number of halogens is 1. The Hall–Kier alpha value is -3.67. The van der Waals surface area contributed by atoms with Crippen molar-refractivity contribution in [3.8, 4) is 11.5 Å². The van der Waals surface area contributed by atoms with E-state index < -0.39 is 23.5 Å². The van der Waals surface area contributed by atoms with Crippen molar-refractivity contribution in [2.75, 3.05) is 6.61 Å². The molecule has 0 radical (unpaired) electrons. The molecule has 0 bridgehead atoms. The molecule has 0 amide bonds. The first-order valence-electron chi connectivity index (χ1n) is 9.97. The zero-order chi connectivity index (χ0) is 21.8. The molecule has 1 aliphatic rings. The molecule has 0 aliphatic carbocycles. The van der Waals surface area contributed by atoms with Gasteiger partial charge in [0.15, 0.2) is 6.10 Å². The van der Waals surface area contributed by atoms with Crippen LogP contribution in [0.15, 0.2) is 78.9 Å². The van der Waals surface area contributed by atoms with Crippen LogP contribution in [0.25, 0.3) is 0 Å². The van der Waals surface area contributed by atoms with Gasteiger partial charge in [-0.25, -0.2) is 9.18 Å². The summed E-state index contributed by atoms with van der Waals surface area (Å²) in [6, 6.07) is 22.4. The number of hydrogen-bond acceptors (Lipinski definition) is 5. The zero-order valence-corrected chi connectivity index (χ0v) is 16.9. The highest BCUT2D eigenvalue weighted by molar-refractivity contribution is 6.18. The van der Waals surface area contributed by atoms with Gasteiger partial charge < -0.3 is 14.2 Å². The molecular formula is C25H21FO5. The van der Waals surface area contributed by atoms with Crippen LogP contribution in [0, 0.1) is 0 Å². The lowest BCUT2D eigenvalue weighted by Gasteiger charge is -2.35. The van der Waals surface area contributed by atoms with Crippen LogP contribution in [0.4, 0.5) is 4.39 Å². The van der Waals surface area contributed by atoms with Crippen molar-refractivity contribution >= 4 is 11.8 Å². The van der Waals surface area contributed by atoms with Crippen LogP contribution >= 0.6 is 0 Å². The molecule has 158 valence electrons. The van der Waals surface area contributed by atoms with Crippen molar-refractivity contribution in [1.29, 1.82) is 0 Å². The van der Waals surface area contributed by atoms with E-state index in [-0.39, 0.29) is 17.9 Å². The lowest BCUT2D eigenvalue weighted by Crippen LogP contribution is -2.53. The van der Waals surface area contributed by atoms with Gasteiger partial charge in [0.05, 0.1) is 12.2 Å². The number of benzene rings is 3. The number of carbonyl (C=O) groups excluding carboxylic acids is 2. The van der Waals surface area contributed by atoms with E-state index in [9.17, 15) is 9.59 Å². The molecule has 4 rings (SSSR count). The summed E-state index contributed by atoms with van der Waals surface area (Å²) in [6.07, 6.45) is -1.47. The first kappa shape index (κ1) is 20.6. The maximum absolute atomic E-state index is 16.1. The summed E-state index contributed by atoms with van der Waals surface area (Å²) in [5.41, 5.74) is -1.64. The van der Waals surface area contributed by atoms with Crippen LogP contribution in [-0.2, 0) is 16.1 Å². The first-order valence-corrected chi connectivity index (χ1v) is 9.97. The number of para-hydroxylation sites is 1. The zero-order valence-electron chi connectivity index (χ0n) is 16.9. The van der Waals surface area contributed by atoms with Gasteiger partial charge >= 0.3 is 11.6 Å². The van der Waals surface area contributed by atoms with Gasteiger partial charge in [-0.2, -0.15) is 0 Å². The lowest BCUT2D eigenvalue weighted by molar-refractivity contribution is -0.160. The Labute approximate surface area is 179 Å². The van der Waals surface area contributed by atoms with Crippen molar-refractivity contribution < 1.29 is 28.2 Å². The molecule has 3 aromatic carbocycles. The SMILES string of the molecule is CCOC(=O)[C@]1(F)C(=O)c2ccccc2O[C@@H]1c1ccc(OCc2ccccc2)cc1. The van der Waals surface area contributed by atoms with E-state index in [0.717, 1.165) is 5.56 Å². The minimum Gasteiger partial charge on any atom is -0.489 e. The van der Waals surface area contributed by atoms with Gasteiger partial charge in [0, 0.05) is 0 Å². The fourth-order valence-electron chi connectivity index (χ4n) is 3.49. The van der Waals surface area contributed by atoms with Crippen LogP contribution in [0.5, 0.6) is 11.5 Å². The molecule has 0 saturated carbocycles. The van der Waals surface area contributed by atoms with Crippen LogP contribution in [-0.4, -0.2) is 24.0 Å². The van der Waals surface area contributed by atoms with Gasteiger partial charge in [0.25, 0.3) is 0 Å². The Kier molecular flexibility index (Phi) is 5.71. The minimum atomic E-state index is -2.99. The molecule has 0 saturated heterocycles. The summed E-state index contributed by atoms with van der Waals surface area (Å²) in [5, 5.41) is 0. The molecule has 3 aromatic rings. The fourth-order valence-corrected chi connectivity index (χ4v) is 3.49. The number of ketones is 1. The number of esters is 1. The number of hydrogen-bond donors (Lipinski definition) is 0. The topological polar surface area (TPSA) is 61.8 Å². The summed E-state index contributed by atoms with van der Waals surface area (Å²) >= 11 is 0. The second-order valence-corrected chi connectivity index (χ2v) is 7.10. The minimum absolute atomic E-state index is 0.0112. The van der Waals surface area contributed by atoms with Gasteiger partial charge in [0.2, 0.25) is 5.78 Å². The predicted octanol–water partition coefficient (Wildman–Crippen LogP) is 4.85. The largest absolute Gasteiger partial charge is 0.489 e. The van der Waals surface area contributed by atoms with Crippen molar-refractivity contribution in [2.45, 2.75) is 25.3 Å². The Morgan fingerprint density at radius 2 is 1.68 bits per heavy atom. The first-order chi connectivity index (χ1) is 15.0. The standard InChI is InChI=1S/C25H21FO5/c1-2-29-24(28)25(26)22(27)20-10-6-7-11-21(20)31-23(25)18-12-14-19(15-13-18)30-16-17-8-4-3-5-9-17/h3-15,23H,2,16H2,1H3/t23-,25+/m1/s1. The van der Waals surface area contributed by atoms with Crippen LogP contribution in [0.1, 0.15) is 34.5 Å². The third-order valence-corrected chi connectivity index (χ3v) is 5.07. The molecule has 0 unspecified atom stereocenters. The Morgan fingerprint density at radius 3 is 2.39 bits per heavy atom. The highest BCUT2D eigenvalue weighted by Crippen LogP contribution is 2.44. The summed E-state index contributed by atoms with van der Waals surface area (Å²) in [5.74, 6) is -1.44. The molecule has 0 spiro atoms. The normalized spacial score (nSPS) is 19.8. The number of Topliss-reactive ketones (excluding diaryl/α,β-unsaturated/α-hetero) is 1. The van der Waals surface area contributed by atoms with E-state index in [1.54, 1.807) is 49.4 Å². The van der Waals surface area contributed by atoms with Crippen molar-refractivity contribution in [3.05, 3.63) is 95.6 Å². The molecule has 1 aliphatic heterocycles. The maximum Gasteiger partial charge on any atom is 0.356 e. The Balaban J connectivity index is 1.62. The predicted molar refractivity (Wildman–Crippen MR) is 112 cm³/mol. The number of fused-ring (bicyclic) bond motifs is 1. The van der Waals surface area contributed by atoms with Crippen molar-refractivity contribution in [1.82, 2.24) is 0 Å². The van der Waals surface area contributed by atoms with E-state index in [1.807, 2.05) is 30.3 Å². The number of alkyl halides is 1. The molecule has 0 aromatic heterocycles. The number of rotatable bonds is 6. The van der Waals surface area contributed by atoms with Crippen LogP contribution in [0.3, 0.4) is 0 Å². The van der Waals surface area contributed by atoms with Gasteiger partial charge in [0.1, 0.15) is 18.1 Å². The van der Waals surface area contributed by atoms with E-state index >= 15 is 4.39 Å². The van der Waals surface area contributed by atoms with Gasteiger partial charge in [-0.15, -0.1) is 0 Å². The summed E-state index contributed by atoms with van der Waals surface area (Å²) in [7, 11) is 0. The number of ether oxygens (including phenoxy) is 3. The highest BCUT2D eigenvalue weighted by Gasteiger charge is 2.60. The summed E-state index contributed by atoms with van der Waals surface area (Å²) < 4.78 is 32.5. The average Bonchev–Trinajstić information content (AvgIpc) is 2.81. The van der Waals surface area contributed by atoms with E-state index in [0.29, 0.717) is 17.9 Å². The third-order valence-electron chi connectivity index (χ3n) is 5.07. The second-order valence-electron chi connectivity index (χ2n) is 7.10. The van der Waals surface area contributed by atoms with Crippen LogP contribution < -0.4 is 9.47 Å². The van der Waals surface area contributed by atoms with Gasteiger partial charge in [-0.05, 0) is 42.3 Å². The average molecular weight is 420 g/mol. The van der Waals surface area contributed by atoms with Gasteiger partial charge in [-0.1, -0.05) is 54.6 Å². The monoisotopic (exact) mass is 420 g/mol. The summed E-state index contributed by atoms with van der Waals surface area (Å²) in [6.45, 7) is 1.87. The van der Waals surface area contributed by atoms with E-state index in [1.165, 1.54) is 6.07 Å². The molecule has 2 atom stereocenters. The maximum atomic E-state index is 16.1. The quantitative estimate of drug-likeness (QED) is 0.421. The smallest absolute Gasteiger partial charge is 0.356 e. The van der Waals surface area contributed by atoms with Gasteiger partial charge in [-0.3, -0.25) is 4.79 Å². The Morgan fingerprint density at radius 1 is 1.00 bits per heavy atom. The molecule has 0 fully saturated rings. The molecule has 31 heavy (non-hydrogen) atoms. The molecular weight excluding hydrogens is 399 g/mol. The highest BCUT2D eigenvalue weighted by atomic mass is 19.1. The van der Waals surface area contributed by atoms with Crippen molar-refractivity contribution in [3.63, 3.8) is 0 Å². The molecule has 5 nitrogen and oxygen atoms in total. The number of carbonyl (C=O) groups is 2. The van der Waals surface area contributed by atoms with E-state index in [2.05, 4.69) is 0 Å². The molecule has 0 N–H and O–H groups in total. The lowest BCUT2D eigenvalue weighted by atomic mass is 9.83.